The van der Waals surface area contributed by atoms with Gasteiger partial charge in [-0.2, -0.15) is 0 Å². The first-order chi connectivity index (χ1) is 6.31. The Hall–Kier alpha value is -1.23. The predicted molar refractivity (Wildman–Crippen MR) is 44.1 cm³/mol. The number of rotatable bonds is 2. The molecule has 0 bridgehead atoms. The molecule has 0 saturated heterocycles. The number of hydrogen-bond donors (Lipinski definition) is 1. The third-order valence-corrected chi connectivity index (χ3v) is 2.35. The van der Waals surface area contributed by atoms with Crippen molar-refractivity contribution in [1.29, 1.82) is 0 Å². The monoisotopic (exact) mass is 181 g/mol. The maximum Gasteiger partial charge on any atom is 0.187 e. The number of carbonyl (C=O) groups excluding carboxylic acids is 1. The van der Waals surface area contributed by atoms with Crippen LogP contribution < -0.4 is 5.73 Å². The van der Waals surface area contributed by atoms with Crippen LogP contribution in [0.2, 0.25) is 0 Å². The zero-order valence-corrected chi connectivity index (χ0v) is 7.19. The van der Waals surface area contributed by atoms with Gasteiger partial charge in [-0.15, -0.1) is 0 Å². The van der Waals surface area contributed by atoms with E-state index in [1.165, 1.54) is 0 Å². The molecule has 0 amide bonds. The number of fused-ring (bicyclic) bond motifs is 1. The highest BCUT2D eigenvalue weighted by atomic mass is 16.6. The molecular weight excluding hydrogens is 170 g/mol. The molecule has 5 nitrogen and oxygen atoms in total. The lowest BCUT2D eigenvalue weighted by Gasteiger charge is -2.17. The van der Waals surface area contributed by atoms with E-state index in [0.29, 0.717) is 30.3 Å². The maximum absolute atomic E-state index is 11.4. The van der Waals surface area contributed by atoms with Crippen LogP contribution in [0.4, 0.5) is 0 Å². The van der Waals surface area contributed by atoms with Gasteiger partial charge in [0.1, 0.15) is 5.69 Å². The molecule has 0 saturated carbocycles. The molecule has 13 heavy (non-hydrogen) atoms. The minimum absolute atomic E-state index is 0.0287. The van der Waals surface area contributed by atoms with E-state index >= 15 is 0 Å². The fourth-order valence-electron chi connectivity index (χ4n) is 1.70. The first-order valence-electron chi connectivity index (χ1n) is 4.36. The summed E-state index contributed by atoms with van der Waals surface area (Å²) in [5, 5.41) is 7.26. The number of hydrogen-bond acceptors (Lipinski definition) is 5. The van der Waals surface area contributed by atoms with Crippen LogP contribution >= 0.6 is 0 Å². The van der Waals surface area contributed by atoms with E-state index in [9.17, 15) is 4.79 Å². The molecule has 1 aromatic heterocycles. The highest BCUT2D eigenvalue weighted by Gasteiger charge is 2.28. The lowest BCUT2D eigenvalue weighted by Crippen LogP contribution is -2.22. The topological polar surface area (TPSA) is 82.0 Å². The van der Waals surface area contributed by atoms with E-state index in [-0.39, 0.29) is 5.78 Å². The molecule has 70 valence electrons. The van der Waals surface area contributed by atoms with Crippen molar-refractivity contribution in [2.75, 3.05) is 6.54 Å². The fourth-order valence-corrected chi connectivity index (χ4v) is 1.70. The summed E-state index contributed by atoms with van der Waals surface area (Å²) in [5.74, 6) is 0.345. The van der Waals surface area contributed by atoms with Crippen molar-refractivity contribution in [3.8, 4) is 0 Å². The molecule has 1 aliphatic carbocycles. The number of Topliss-reactive ketones (excluding diaryl/α,β-unsaturated/α-hetero) is 1. The Kier molecular flexibility index (Phi) is 2.10. The van der Waals surface area contributed by atoms with Crippen LogP contribution in [-0.2, 0) is 6.42 Å². The molecule has 0 aliphatic heterocycles. The van der Waals surface area contributed by atoms with Crippen LogP contribution in [0.1, 0.15) is 29.0 Å². The van der Waals surface area contributed by atoms with Gasteiger partial charge in [0.25, 0.3) is 0 Å². The van der Waals surface area contributed by atoms with Crippen molar-refractivity contribution in [2.24, 2.45) is 11.7 Å². The second-order valence-corrected chi connectivity index (χ2v) is 3.33. The van der Waals surface area contributed by atoms with Crippen molar-refractivity contribution in [3.05, 3.63) is 11.4 Å². The van der Waals surface area contributed by atoms with Gasteiger partial charge in [0.15, 0.2) is 11.5 Å². The molecule has 1 aromatic rings. The Morgan fingerprint density at radius 2 is 2.31 bits per heavy atom. The van der Waals surface area contributed by atoms with Gasteiger partial charge in [-0.1, -0.05) is 5.16 Å². The molecule has 1 atom stereocenters. The summed E-state index contributed by atoms with van der Waals surface area (Å²) < 4.78 is 4.51. The molecule has 2 rings (SSSR count). The van der Waals surface area contributed by atoms with Crippen molar-refractivity contribution < 1.29 is 9.42 Å². The largest absolute Gasteiger partial charge is 0.330 e. The predicted octanol–water partition coefficient (Wildman–Crippen LogP) is 0.164. The molecule has 1 heterocycles. The van der Waals surface area contributed by atoms with Gasteiger partial charge in [0.05, 0.1) is 0 Å². The minimum atomic E-state index is 0.0287. The second kappa shape index (κ2) is 3.26. The standard InChI is InChI=1S/C8H11N3O2/c9-2-1-5-3-6-8(7(12)4-5)11-13-10-6/h5H,1-4,9H2. The van der Waals surface area contributed by atoms with E-state index in [1.54, 1.807) is 0 Å². The number of aromatic nitrogens is 2. The normalized spacial score (nSPS) is 21.6. The highest BCUT2D eigenvalue weighted by molar-refractivity contribution is 5.96. The summed E-state index contributed by atoms with van der Waals surface area (Å²) in [7, 11) is 0. The van der Waals surface area contributed by atoms with E-state index in [2.05, 4.69) is 14.9 Å². The Balaban J connectivity index is 2.19. The molecule has 0 radical (unpaired) electrons. The molecule has 0 fully saturated rings. The average molecular weight is 181 g/mol. The molecule has 1 aliphatic rings. The van der Waals surface area contributed by atoms with E-state index < -0.39 is 0 Å². The van der Waals surface area contributed by atoms with Gasteiger partial charge in [-0.05, 0) is 30.5 Å². The number of ketones is 1. The summed E-state index contributed by atoms with van der Waals surface area (Å²) in [6.45, 7) is 0.610. The molecule has 0 aromatic carbocycles. The Morgan fingerprint density at radius 3 is 3.08 bits per heavy atom. The zero-order valence-electron chi connectivity index (χ0n) is 7.19. The smallest absolute Gasteiger partial charge is 0.187 e. The molecule has 0 spiro atoms. The number of nitrogens with two attached hydrogens (primary N) is 1. The summed E-state index contributed by atoms with van der Waals surface area (Å²) in [6, 6.07) is 0. The SMILES string of the molecule is NCCC1CC(=O)c2nonc2C1. The first kappa shape index (κ1) is 8.37. The number of nitrogens with zero attached hydrogens (tertiary/aromatic N) is 2. The second-order valence-electron chi connectivity index (χ2n) is 3.33. The first-order valence-corrected chi connectivity index (χ1v) is 4.36. The van der Waals surface area contributed by atoms with Crippen LogP contribution in [0, 0.1) is 5.92 Å². The van der Waals surface area contributed by atoms with Crippen molar-refractivity contribution in [1.82, 2.24) is 10.3 Å². The van der Waals surface area contributed by atoms with E-state index in [4.69, 9.17) is 5.73 Å². The summed E-state index contributed by atoms with van der Waals surface area (Å²) in [4.78, 5) is 11.4. The van der Waals surface area contributed by atoms with Gasteiger partial charge >= 0.3 is 0 Å². The van der Waals surface area contributed by atoms with Gasteiger partial charge in [0.2, 0.25) is 0 Å². The van der Waals surface area contributed by atoms with Crippen LogP contribution in [-0.4, -0.2) is 22.6 Å². The van der Waals surface area contributed by atoms with Crippen molar-refractivity contribution in [3.63, 3.8) is 0 Å². The average Bonchev–Trinajstić information content (AvgIpc) is 2.53. The van der Waals surface area contributed by atoms with Crippen LogP contribution in [0.5, 0.6) is 0 Å². The minimum Gasteiger partial charge on any atom is -0.330 e. The Bertz CT molecular complexity index is 321. The fraction of sp³-hybridized carbons (Fsp3) is 0.625. The van der Waals surface area contributed by atoms with Crippen molar-refractivity contribution >= 4 is 5.78 Å². The van der Waals surface area contributed by atoms with Crippen molar-refractivity contribution in [2.45, 2.75) is 19.3 Å². The molecule has 5 heteroatoms. The Labute approximate surface area is 75.3 Å². The number of carbonyl (C=O) groups is 1. The summed E-state index contributed by atoms with van der Waals surface area (Å²) in [6.07, 6.45) is 2.15. The van der Waals surface area contributed by atoms with Gasteiger partial charge in [-0.25, -0.2) is 4.63 Å². The lowest BCUT2D eigenvalue weighted by molar-refractivity contribution is 0.0939. The van der Waals surface area contributed by atoms with Crippen LogP contribution in [0.3, 0.4) is 0 Å². The third-order valence-electron chi connectivity index (χ3n) is 2.35. The molecule has 1 unspecified atom stereocenters. The summed E-state index contributed by atoms with van der Waals surface area (Å²) in [5.41, 5.74) is 6.53. The zero-order chi connectivity index (χ0) is 9.26. The van der Waals surface area contributed by atoms with Crippen LogP contribution in [0.25, 0.3) is 0 Å². The van der Waals surface area contributed by atoms with Gasteiger partial charge in [0, 0.05) is 6.42 Å². The van der Waals surface area contributed by atoms with E-state index in [1.807, 2.05) is 0 Å². The van der Waals surface area contributed by atoms with Gasteiger partial charge < -0.3 is 5.73 Å². The van der Waals surface area contributed by atoms with Crippen LogP contribution in [0.15, 0.2) is 4.63 Å². The molecule has 2 N–H and O–H groups in total. The maximum atomic E-state index is 11.4. The Morgan fingerprint density at radius 1 is 1.46 bits per heavy atom. The van der Waals surface area contributed by atoms with Gasteiger partial charge in [-0.3, -0.25) is 4.79 Å². The quantitative estimate of drug-likeness (QED) is 0.702. The molecular formula is C8H11N3O2. The summed E-state index contributed by atoms with van der Waals surface area (Å²) >= 11 is 0. The lowest BCUT2D eigenvalue weighted by atomic mass is 9.87. The highest BCUT2D eigenvalue weighted by Crippen LogP contribution is 2.24. The van der Waals surface area contributed by atoms with E-state index in [0.717, 1.165) is 12.8 Å². The third kappa shape index (κ3) is 1.47.